The Balaban J connectivity index is 0.00000162. The fourth-order valence-corrected chi connectivity index (χ4v) is 1.81. The van der Waals surface area contributed by atoms with Gasteiger partial charge in [-0.1, -0.05) is 18.2 Å². The smallest absolute Gasteiger partial charge is 0.218 e. The first kappa shape index (κ1) is 14.7. The summed E-state index contributed by atoms with van der Waals surface area (Å²) < 4.78 is 0. The van der Waals surface area contributed by atoms with Crippen molar-refractivity contribution in [1.29, 1.82) is 0 Å². The molecule has 0 unspecified atom stereocenters. The number of hydrogen-bond acceptors (Lipinski definition) is 1. The molecule has 1 aromatic carbocycles. The van der Waals surface area contributed by atoms with Crippen molar-refractivity contribution >= 4 is 16.7 Å². The van der Waals surface area contributed by atoms with E-state index in [9.17, 15) is 4.79 Å². The summed E-state index contributed by atoms with van der Waals surface area (Å²) in [6, 6.07) is 7.89. The van der Waals surface area contributed by atoms with Crippen LogP contribution in [0, 0.1) is 0 Å². The second-order valence-corrected chi connectivity index (χ2v) is 5.45. The number of aromatic amines is 1. The Hall–Kier alpha value is -1.32. The topological polar surface area (TPSA) is 49.5 Å². The summed E-state index contributed by atoms with van der Waals surface area (Å²) in [5.74, 6) is 0.178. The third kappa shape index (κ3) is 3.34. The predicted molar refractivity (Wildman–Crippen MR) is 69.2 cm³/mol. The third-order valence-corrected chi connectivity index (χ3v) is 2.79. The molecule has 3 N–H and O–H groups in total. The molecule has 0 fully saturated rings. The SMILES string of the molecule is CC(C)(C)[NH2+]CC(=O)c1c[nH]c2ccccc12.[Cl-]. The van der Waals surface area contributed by atoms with E-state index in [-0.39, 0.29) is 23.7 Å². The fraction of sp³-hybridized carbons (Fsp3) is 0.357. The van der Waals surface area contributed by atoms with Crippen molar-refractivity contribution in [3.05, 3.63) is 36.0 Å². The number of Topliss-reactive ketones (excluding diaryl/α,β-unsaturated/α-hetero) is 1. The van der Waals surface area contributed by atoms with Gasteiger partial charge in [0.2, 0.25) is 5.78 Å². The van der Waals surface area contributed by atoms with Crippen LogP contribution >= 0.6 is 0 Å². The van der Waals surface area contributed by atoms with Crippen LogP contribution in [0.25, 0.3) is 10.9 Å². The molecule has 1 heterocycles. The molecule has 0 aliphatic heterocycles. The van der Waals surface area contributed by atoms with Crippen molar-refractivity contribution in [3.63, 3.8) is 0 Å². The van der Waals surface area contributed by atoms with Crippen LogP contribution in [-0.2, 0) is 0 Å². The molecule has 0 bridgehead atoms. The maximum atomic E-state index is 12.1. The fourth-order valence-electron chi connectivity index (χ4n) is 1.81. The van der Waals surface area contributed by atoms with Crippen LogP contribution in [-0.4, -0.2) is 22.9 Å². The highest BCUT2D eigenvalue weighted by Crippen LogP contribution is 2.17. The zero-order chi connectivity index (χ0) is 12.5. The van der Waals surface area contributed by atoms with Crippen molar-refractivity contribution in [2.45, 2.75) is 26.3 Å². The van der Waals surface area contributed by atoms with Gasteiger partial charge in [0.15, 0.2) is 0 Å². The molecule has 0 saturated heterocycles. The van der Waals surface area contributed by atoms with Crippen molar-refractivity contribution in [2.24, 2.45) is 0 Å². The summed E-state index contributed by atoms with van der Waals surface area (Å²) in [4.78, 5) is 15.2. The molecule has 2 rings (SSSR count). The van der Waals surface area contributed by atoms with Gasteiger partial charge in [-0.2, -0.15) is 0 Å². The lowest BCUT2D eigenvalue weighted by atomic mass is 10.1. The summed E-state index contributed by atoms with van der Waals surface area (Å²) >= 11 is 0. The maximum Gasteiger partial charge on any atom is 0.218 e. The molecule has 0 aliphatic rings. The molecule has 4 heteroatoms. The van der Waals surface area contributed by atoms with Crippen LogP contribution in [0.3, 0.4) is 0 Å². The number of carbonyl (C=O) groups is 1. The molecule has 0 atom stereocenters. The Kier molecular flexibility index (Phi) is 4.54. The van der Waals surface area contributed by atoms with Gasteiger partial charge in [-0.05, 0) is 26.8 Å². The van der Waals surface area contributed by atoms with Gasteiger partial charge in [0.05, 0.1) is 5.54 Å². The van der Waals surface area contributed by atoms with Crippen LogP contribution in [0.4, 0.5) is 0 Å². The molecule has 98 valence electrons. The molecule has 2 aromatic rings. The molecule has 0 amide bonds. The first-order valence-corrected chi connectivity index (χ1v) is 5.91. The van der Waals surface area contributed by atoms with Crippen LogP contribution in [0.5, 0.6) is 0 Å². The summed E-state index contributed by atoms with van der Waals surface area (Å²) in [6.07, 6.45) is 1.81. The van der Waals surface area contributed by atoms with Crippen LogP contribution < -0.4 is 17.7 Å². The van der Waals surface area contributed by atoms with Gasteiger partial charge >= 0.3 is 0 Å². The normalized spacial score (nSPS) is 11.3. The van der Waals surface area contributed by atoms with E-state index < -0.39 is 0 Å². The lowest BCUT2D eigenvalue weighted by molar-refractivity contribution is -0.706. The number of rotatable bonds is 3. The van der Waals surface area contributed by atoms with Gasteiger partial charge < -0.3 is 22.7 Å². The quantitative estimate of drug-likeness (QED) is 0.668. The highest BCUT2D eigenvalue weighted by Gasteiger charge is 2.18. The number of hydrogen-bond donors (Lipinski definition) is 2. The molecular formula is C14H19ClN2O. The van der Waals surface area contributed by atoms with Gasteiger partial charge in [0.25, 0.3) is 0 Å². The minimum atomic E-state index is 0. The summed E-state index contributed by atoms with van der Waals surface area (Å²) in [7, 11) is 0. The van der Waals surface area contributed by atoms with Crippen molar-refractivity contribution in [1.82, 2.24) is 4.98 Å². The Morgan fingerprint density at radius 2 is 1.94 bits per heavy atom. The number of benzene rings is 1. The third-order valence-electron chi connectivity index (χ3n) is 2.79. The Morgan fingerprint density at radius 3 is 2.61 bits per heavy atom. The molecule has 18 heavy (non-hydrogen) atoms. The van der Waals surface area contributed by atoms with E-state index in [0.29, 0.717) is 6.54 Å². The van der Waals surface area contributed by atoms with Crippen molar-refractivity contribution in [2.75, 3.05) is 6.54 Å². The van der Waals surface area contributed by atoms with E-state index >= 15 is 0 Å². The van der Waals surface area contributed by atoms with Gasteiger partial charge in [0, 0.05) is 22.7 Å². The van der Waals surface area contributed by atoms with E-state index in [1.807, 2.05) is 30.5 Å². The Morgan fingerprint density at radius 1 is 1.28 bits per heavy atom. The number of quaternary nitrogens is 1. The van der Waals surface area contributed by atoms with Gasteiger partial charge in [-0.25, -0.2) is 0 Å². The summed E-state index contributed by atoms with van der Waals surface area (Å²) in [5.41, 5.74) is 1.90. The van der Waals surface area contributed by atoms with Crippen LogP contribution in [0.2, 0.25) is 0 Å². The van der Waals surface area contributed by atoms with Crippen LogP contribution in [0.15, 0.2) is 30.5 Å². The molecule has 1 aromatic heterocycles. The monoisotopic (exact) mass is 266 g/mol. The average Bonchev–Trinajstić information content (AvgIpc) is 2.68. The van der Waals surface area contributed by atoms with Gasteiger partial charge in [0.1, 0.15) is 6.54 Å². The molecule has 0 radical (unpaired) electrons. The minimum absolute atomic E-state index is 0. The zero-order valence-electron chi connectivity index (χ0n) is 11.0. The number of halogens is 1. The van der Waals surface area contributed by atoms with Crippen molar-refractivity contribution < 1.29 is 22.5 Å². The molecule has 3 nitrogen and oxygen atoms in total. The minimum Gasteiger partial charge on any atom is -1.00 e. The van der Waals surface area contributed by atoms with E-state index in [1.165, 1.54) is 0 Å². The zero-order valence-corrected chi connectivity index (χ0v) is 11.7. The first-order valence-electron chi connectivity index (χ1n) is 5.91. The van der Waals surface area contributed by atoms with E-state index in [0.717, 1.165) is 16.5 Å². The summed E-state index contributed by atoms with van der Waals surface area (Å²) in [5, 5.41) is 3.08. The number of carbonyl (C=O) groups excluding carboxylic acids is 1. The lowest BCUT2D eigenvalue weighted by Gasteiger charge is -2.15. The number of nitrogens with one attached hydrogen (secondary N) is 1. The highest BCUT2D eigenvalue weighted by molar-refractivity contribution is 6.08. The Labute approximate surface area is 113 Å². The largest absolute Gasteiger partial charge is 1.00 e. The summed E-state index contributed by atoms with van der Waals surface area (Å²) in [6.45, 7) is 6.81. The van der Waals surface area contributed by atoms with Crippen LogP contribution in [0.1, 0.15) is 31.1 Å². The first-order chi connectivity index (χ1) is 7.97. The van der Waals surface area contributed by atoms with Crippen molar-refractivity contribution in [3.8, 4) is 0 Å². The number of ketones is 1. The predicted octanol–water partition coefficient (Wildman–Crippen LogP) is -1.28. The van der Waals surface area contributed by atoms with E-state index in [1.54, 1.807) is 0 Å². The van der Waals surface area contributed by atoms with Gasteiger partial charge in [-0.3, -0.25) is 4.79 Å². The number of para-hydroxylation sites is 1. The van der Waals surface area contributed by atoms with E-state index in [4.69, 9.17) is 0 Å². The molecule has 0 spiro atoms. The maximum absolute atomic E-state index is 12.1. The Bertz CT molecular complexity index is 540. The standard InChI is InChI=1S/C14H18N2O.ClH/c1-14(2,3)16-9-13(17)11-8-15-12-7-5-4-6-10(11)12;/h4-8,15-16H,9H2,1-3H3;1H. The van der Waals surface area contributed by atoms with Gasteiger partial charge in [-0.15, -0.1) is 0 Å². The van der Waals surface area contributed by atoms with E-state index in [2.05, 4.69) is 31.1 Å². The second-order valence-electron chi connectivity index (χ2n) is 5.45. The average molecular weight is 267 g/mol. The highest BCUT2D eigenvalue weighted by atomic mass is 35.5. The second kappa shape index (κ2) is 5.55. The number of fused-ring (bicyclic) bond motifs is 1. The molecule has 0 aliphatic carbocycles. The molecular weight excluding hydrogens is 248 g/mol. The number of aromatic nitrogens is 1. The number of nitrogens with two attached hydrogens (primary N) is 1. The molecule has 0 saturated carbocycles. The number of H-pyrrole nitrogens is 1. The lowest BCUT2D eigenvalue weighted by Crippen LogP contribution is -3.00.